The summed E-state index contributed by atoms with van der Waals surface area (Å²) in [6.45, 7) is 7.51. The van der Waals surface area contributed by atoms with Gasteiger partial charge in [0.1, 0.15) is 5.01 Å². The smallest absolute Gasteiger partial charge is 0.251 e. The van der Waals surface area contributed by atoms with Gasteiger partial charge in [0.05, 0.1) is 5.25 Å². The van der Waals surface area contributed by atoms with Gasteiger partial charge >= 0.3 is 0 Å². The van der Waals surface area contributed by atoms with E-state index in [4.69, 9.17) is 0 Å². The van der Waals surface area contributed by atoms with Crippen molar-refractivity contribution in [3.63, 3.8) is 0 Å². The Balaban J connectivity index is 2.00. The molecule has 2 heterocycles. The minimum Gasteiger partial charge on any atom is -0.301 e. The van der Waals surface area contributed by atoms with Gasteiger partial charge in [0.2, 0.25) is 11.0 Å². The van der Waals surface area contributed by atoms with Crippen molar-refractivity contribution in [2.24, 2.45) is 0 Å². The van der Waals surface area contributed by atoms with Gasteiger partial charge in [-0.3, -0.25) is 14.9 Å². The molecule has 118 valence electrons. The van der Waals surface area contributed by atoms with Crippen molar-refractivity contribution in [2.75, 3.05) is 5.32 Å². The van der Waals surface area contributed by atoms with Crippen LogP contribution < -0.4 is 10.9 Å². The third-order valence-corrected chi connectivity index (χ3v) is 4.79. The molecule has 0 bridgehead atoms. The lowest BCUT2D eigenvalue weighted by molar-refractivity contribution is -0.115. The predicted octanol–water partition coefficient (Wildman–Crippen LogP) is 2.17. The molecule has 0 aliphatic carbocycles. The van der Waals surface area contributed by atoms with E-state index in [2.05, 4.69) is 25.5 Å². The van der Waals surface area contributed by atoms with Gasteiger partial charge in [0.25, 0.3) is 5.56 Å². The molecule has 2 aromatic rings. The van der Waals surface area contributed by atoms with Gasteiger partial charge in [0.15, 0.2) is 5.16 Å². The van der Waals surface area contributed by atoms with Crippen LogP contribution in [0.15, 0.2) is 16.0 Å². The van der Waals surface area contributed by atoms with Crippen LogP contribution >= 0.6 is 23.1 Å². The van der Waals surface area contributed by atoms with Crippen molar-refractivity contribution < 1.29 is 4.79 Å². The molecular formula is C13H17N5O2S2. The van der Waals surface area contributed by atoms with E-state index in [0.717, 1.165) is 5.01 Å². The molecule has 0 aliphatic heterocycles. The first-order valence-electron chi connectivity index (χ1n) is 6.74. The molecule has 1 unspecified atom stereocenters. The van der Waals surface area contributed by atoms with Crippen LogP contribution in [-0.2, 0) is 4.79 Å². The number of aromatic nitrogens is 4. The lowest BCUT2D eigenvalue weighted by Gasteiger charge is -2.09. The van der Waals surface area contributed by atoms with Crippen LogP contribution in [0.3, 0.4) is 0 Å². The number of rotatable bonds is 5. The number of hydrogen-bond acceptors (Lipinski definition) is 7. The number of amides is 1. The van der Waals surface area contributed by atoms with Crippen molar-refractivity contribution in [1.29, 1.82) is 0 Å². The van der Waals surface area contributed by atoms with E-state index in [0.29, 0.717) is 16.0 Å². The second-order valence-electron chi connectivity index (χ2n) is 5.04. The van der Waals surface area contributed by atoms with Gasteiger partial charge in [-0.05, 0) is 13.8 Å². The lowest BCUT2D eigenvalue weighted by atomic mass is 10.2. The second-order valence-corrected chi connectivity index (χ2v) is 7.38. The molecule has 9 heteroatoms. The van der Waals surface area contributed by atoms with E-state index in [9.17, 15) is 9.59 Å². The van der Waals surface area contributed by atoms with Crippen molar-refractivity contribution in [3.8, 4) is 0 Å². The van der Waals surface area contributed by atoms with Crippen LogP contribution in [0.2, 0.25) is 0 Å². The number of carbonyl (C=O) groups is 1. The standard InChI is InChI=1S/C13H17N5O2S2/c1-6(2)11-17-18-13(22-11)16-10(20)8(4)21-12-14-7(3)5-9(19)15-12/h5-6,8H,1-4H3,(H,14,15,19)(H,16,18,20). The first-order chi connectivity index (χ1) is 10.3. The van der Waals surface area contributed by atoms with E-state index in [-0.39, 0.29) is 17.4 Å². The Bertz CT molecular complexity index is 725. The Morgan fingerprint density at radius 2 is 2.09 bits per heavy atom. The molecule has 2 N–H and O–H groups in total. The van der Waals surface area contributed by atoms with Crippen LogP contribution in [0.4, 0.5) is 5.13 Å². The van der Waals surface area contributed by atoms with Gasteiger partial charge in [-0.25, -0.2) is 4.98 Å². The van der Waals surface area contributed by atoms with Crippen LogP contribution in [-0.4, -0.2) is 31.3 Å². The van der Waals surface area contributed by atoms with Gasteiger partial charge in [0, 0.05) is 17.7 Å². The van der Waals surface area contributed by atoms with Crippen molar-refractivity contribution >= 4 is 34.1 Å². The van der Waals surface area contributed by atoms with Crippen LogP contribution in [0, 0.1) is 6.92 Å². The van der Waals surface area contributed by atoms with Crippen LogP contribution in [0.5, 0.6) is 0 Å². The Morgan fingerprint density at radius 3 is 2.68 bits per heavy atom. The molecule has 0 aromatic carbocycles. The quantitative estimate of drug-likeness (QED) is 0.639. The van der Waals surface area contributed by atoms with Crippen LogP contribution in [0.1, 0.15) is 37.4 Å². The first-order valence-corrected chi connectivity index (χ1v) is 8.43. The molecule has 0 aliphatic rings. The topological polar surface area (TPSA) is 101 Å². The second kappa shape index (κ2) is 7.01. The van der Waals surface area contributed by atoms with Crippen LogP contribution in [0.25, 0.3) is 0 Å². The fraction of sp³-hybridized carbons (Fsp3) is 0.462. The molecule has 2 aromatic heterocycles. The molecule has 2 rings (SSSR count). The predicted molar refractivity (Wildman–Crippen MR) is 87.5 cm³/mol. The summed E-state index contributed by atoms with van der Waals surface area (Å²) in [5.41, 5.74) is 0.387. The maximum atomic E-state index is 12.2. The highest BCUT2D eigenvalue weighted by Gasteiger charge is 2.18. The fourth-order valence-electron chi connectivity index (χ4n) is 1.55. The highest BCUT2D eigenvalue weighted by Crippen LogP contribution is 2.24. The number of nitrogens with one attached hydrogen (secondary N) is 2. The Hall–Kier alpha value is -1.74. The molecular weight excluding hydrogens is 322 g/mol. The Kier molecular flexibility index (Phi) is 5.30. The maximum absolute atomic E-state index is 12.2. The number of nitrogens with zero attached hydrogens (tertiary/aromatic N) is 3. The van der Waals surface area contributed by atoms with Crippen molar-refractivity contribution in [3.05, 3.63) is 27.1 Å². The highest BCUT2D eigenvalue weighted by atomic mass is 32.2. The maximum Gasteiger partial charge on any atom is 0.251 e. The minimum atomic E-state index is -0.420. The molecule has 0 fully saturated rings. The number of thioether (sulfide) groups is 1. The molecule has 0 spiro atoms. The van der Waals surface area contributed by atoms with E-state index in [1.54, 1.807) is 13.8 Å². The minimum absolute atomic E-state index is 0.208. The van der Waals surface area contributed by atoms with Crippen molar-refractivity contribution in [2.45, 2.75) is 44.0 Å². The van der Waals surface area contributed by atoms with Gasteiger partial charge in [-0.1, -0.05) is 36.9 Å². The average molecular weight is 339 g/mol. The summed E-state index contributed by atoms with van der Waals surface area (Å²) in [7, 11) is 0. The summed E-state index contributed by atoms with van der Waals surface area (Å²) in [6.07, 6.45) is 0. The third kappa shape index (κ3) is 4.38. The molecule has 22 heavy (non-hydrogen) atoms. The third-order valence-electron chi connectivity index (χ3n) is 2.67. The van der Waals surface area contributed by atoms with E-state index >= 15 is 0 Å². The lowest BCUT2D eigenvalue weighted by Crippen LogP contribution is -2.23. The van der Waals surface area contributed by atoms with Gasteiger partial charge < -0.3 is 4.98 Å². The SMILES string of the molecule is Cc1cc(=O)[nH]c(SC(C)C(=O)Nc2nnc(C(C)C)s2)n1. The molecule has 1 amide bonds. The zero-order valence-corrected chi connectivity index (χ0v) is 14.3. The monoisotopic (exact) mass is 339 g/mol. The van der Waals surface area contributed by atoms with E-state index in [1.807, 2.05) is 13.8 Å². The largest absolute Gasteiger partial charge is 0.301 e. The summed E-state index contributed by atoms with van der Waals surface area (Å²) in [5.74, 6) is 0.0668. The molecule has 0 saturated carbocycles. The summed E-state index contributed by atoms with van der Waals surface area (Å²) in [5, 5.41) is 12.1. The number of H-pyrrole nitrogens is 1. The molecule has 7 nitrogen and oxygen atoms in total. The van der Waals surface area contributed by atoms with E-state index in [1.165, 1.54) is 29.2 Å². The molecule has 1 atom stereocenters. The number of carbonyl (C=O) groups excluding carboxylic acids is 1. The molecule has 0 radical (unpaired) electrons. The first kappa shape index (κ1) is 16.6. The summed E-state index contributed by atoms with van der Waals surface area (Å²) < 4.78 is 0. The summed E-state index contributed by atoms with van der Waals surface area (Å²) in [6, 6.07) is 1.41. The summed E-state index contributed by atoms with van der Waals surface area (Å²) >= 11 is 2.55. The van der Waals surface area contributed by atoms with Gasteiger partial charge in [-0.2, -0.15) is 0 Å². The van der Waals surface area contributed by atoms with Crippen molar-refractivity contribution in [1.82, 2.24) is 20.2 Å². The average Bonchev–Trinajstić information content (AvgIpc) is 2.86. The number of aromatic amines is 1. The van der Waals surface area contributed by atoms with E-state index < -0.39 is 5.25 Å². The number of aryl methyl sites for hydroxylation is 1. The normalized spacial score (nSPS) is 12.4. The van der Waals surface area contributed by atoms with Gasteiger partial charge in [-0.15, -0.1) is 10.2 Å². The zero-order chi connectivity index (χ0) is 16.3. The molecule has 0 saturated heterocycles. The summed E-state index contributed by atoms with van der Waals surface area (Å²) in [4.78, 5) is 30.3. The Labute approximate surface area is 136 Å². The number of anilines is 1. The number of hydrogen-bond donors (Lipinski definition) is 2. The fourth-order valence-corrected chi connectivity index (χ4v) is 3.16. The highest BCUT2D eigenvalue weighted by molar-refractivity contribution is 8.00. The Morgan fingerprint density at radius 1 is 1.36 bits per heavy atom. The zero-order valence-electron chi connectivity index (χ0n) is 12.7.